The summed E-state index contributed by atoms with van der Waals surface area (Å²) in [4.78, 5) is 0.891. The molecule has 2 N–H and O–H groups in total. The molecule has 1 saturated carbocycles. The molecule has 0 unspecified atom stereocenters. The Kier molecular flexibility index (Phi) is 7.04. The Bertz CT molecular complexity index is 504. The third-order valence-corrected chi connectivity index (χ3v) is 5.15. The highest BCUT2D eigenvalue weighted by atomic mass is 32.1. The van der Waals surface area contributed by atoms with E-state index >= 15 is 0 Å². The smallest absolute Gasteiger partial charge is 0.0721 e. The van der Waals surface area contributed by atoms with Crippen LogP contribution in [0, 0.1) is 0 Å². The Morgan fingerprint density at radius 1 is 1.17 bits per heavy atom. The molecule has 1 aliphatic rings. The minimum absolute atomic E-state index is 0.176. The lowest BCUT2D eigenvalue weighted by Gasteiger charge is -2.39. The Morgan fingerprint density at radius 3 is 2.57 bits per heavy atom. The van der Waals surface area contributed by atoms with Gasteiger partial charge < -0.3 is 10.6 Å². The average molecular weight is 333 g/mol. The number of hydrogen-bond acceptors (Lipinski definition) is 2. The van der Waals surface area contributed by atoms with E-state index in [2.05, 4.69) is 48.7 Å². The van der Waals surface area contributed by atoms with E-state index in [1.807, 2.05) is 6.92 Å². The minimum atomic E-state index is 0.176. The molecule has 2 rings (SSSR count). The lowest BCUT2D eigenvalue weighted by atomic mass is 9.75. The van der Waals surface area contributed by atoms with Crippen LogP contribution in [0.5, 0.6) is 0 Å². The van der Waals surface area contributed by atoms with Crippen LogP contribution in [0.2, 0.25) is 0 Å². The molecule has 0 saturated heterocycles. The van der Waals surface area contributed by atoms with E-state index in [-0.39, 0.29) is 5.54 Å². The highest BCUT2D eigenvalue weighted by Gasteiger charge is 2.33. The van der Waals surface area contributed by atoms with Crippen LogP contribution in [0.1, 0.15) is 76.3 Å². The van der Waals surface area contributed by atoms with Crippen molar-refractivity contribution < 1.29 is 0 Å². The molecule has 0 radical (unpaired) electrons. The quantitative estimate of drug-likeness (QED) is 0.549. The van der Waals surface area contributed by atoms with E-state index in [1.165, 1.54) is 43.2 Å². The lowest BCUT2D eigenvalue weighted by Crippen LogP contribution is -2.45. The molecule has 1 aliphatic carbocycles. The van der Waals surface area contributed by atoms with Crippen LogP contribution in [0.15, 0.2) is 24.3 Å². The van der Waals surface area contributed by atoms with E-state index < -0.39 is 0 Å². The number of rotatable bonds is 7. The number of benzene rings is 1. The van der Waals surface area contributed by atoms with E-state index in [4.69, 9.17) is 12.2 Å². The molecular weight excluding hydrogens is 300 g/mol. The van der Waals surface area contributed by atoms with Gasteiger partial charge in [-0.2, -0.15) is 0 Å². The maximum Gasteiger partial charge on any atom is 0.0721 e. The van der Waals surface area contributed by atoms with E-state index in [0.29, 0.717) is 5.92 Å². The molecule has 0 aromatic heterocycles. The van der Waals surface area contributed by atoms with Crippen LogP contribution in [-0.2, 0) is 5.54 Å². The highest BCUT2D eigenvalue weighted by molar-refractivity contribution is 7.80. The molecule has 0 atom stereocenters. The minimum Gasteiger partial charge on any atom is -0.380 e. The van der Waals surface area contributed by atoms with E-state index in [1.54, 1.807) is 0 Å². The van der Waals surface area contributed by atoms with Crippen LogP contribution in [0.3, 0.4) is 0 Å². The molecular formula is C20H32N2S. The van der Waals surface area contributed by atoms with Crippen molar-refractivity contribution in [1.29, 1.82) is 0 Å². The average Bonchev–Trinajstić information content (AvgIpc) is 2.55. The highest BCUT2D eigenvalue weighted by Crippen LogP contribution is 2.38. The van der Waals surface area contributed by atoms with Crippen molar-refractivity contribution in [3.63, 3.8) is 0 Å². The molecule has 1 aromatic rings. The van der Waals surface area contributed by atoms with Crippen molar-refractivity contribution >= 4 is 17.2 Å². The summed E-state index contributed by atoms with van der Waals surface area (Å²) in [5.74, 6) is 0.588. The van der Waals surface area contributed by atoms with Gasteiger partial charge in [-0.25, -0.2) is 0 Å². The first-order valence-electron chi connectivity index (χ1n) is 9.13. The summed E-state index contributed by atoms with van der Waals surface area (Å²) >= 11 is 5.08. The molecule has 2 nitrogen and oxygen atoms in total. The van der Waals surface area contributed by atoms with Crippen molar-refractivity contribution in [2.24, 2.45) is 0 Å². The van der Waals surface area contributed by atoms with Gasteiger partial charge in [-0.05, 0) is 49.8 Å². The summed E-state index contributed by atoms with van der Waals surface area (Å²) in [5.41, 5.74) is 3.12. The second-order valence-corrected chi connectivity index (χ2v) is 7.80. The zero-order valence-electron chi connectivity index (χ0n) is 15.0. The Balaban J connectivity index is 2.06. The summed E-state index contributed by atoms with van der Waals surface area (Å²) in [6, 6.07) is 9.25. The van der Waals surface area contributed by atoms with Gasteiger partial charge in [-0.3, -0.25) is 0 Å². The molecule has 0 bridgehead atoms. The molecule has 0 amide bonds. The fourth-order valence-corrected chi connectivity index (χ4v) is 3.70. The second-order valence-electron chi connectivity index (χ2n) is 7.19. The maximum atomic E-state index is 5.08. The molecule has 0 spiro atoms. The van der Waals surface area contributed by atoms with Crippen LogP contribution in [0.25, 0.3) is 0 Å². The van der Waals surface area contributed by atoms with Crippen LogP contribution < -0.4 is 10.6 Å². The van der Waals surface area contributed by atoms with E-state index in [9.17, 15) is 0 Å². The largest absolute Gasteiger partial charge is 0.380 e. The summed E-state index contributed by atoms with van der Waals surface area (Å²) in [7, 11) is 0. The summed E-state index contributed by atoms with van der Waals surface area (Å²) in [6.07, 6.45) is 7.66. The normalized spacial score (nSPS) is 17.2. The molecule has 128 valence electrons. The molecule has 1 aromatic carbocycles. The Hall–Kier alpha value is -0.930. The standard InChI is InChI=1S/C20H32N2S/c1-16(2)18-9-7-10-19(15-18)20(11-5-4-6-12-20)22-14-8-13-21-17(3)23/h7,9-10,15-16,22H,4-6,8,11-14H2,1-3H3,(H,21,23). The van der Waals surface area contributed by atoms with Gasteiger partial charge in [0.05, 0.1) is 4.99 Å². The summed E-state index contributed by atoms with van der Waals surface area (Å²) in [6.45, 7) is 8.51. The predicted octanol–water partition coefficient (Wildman–Crippen LogP) is 4.89. The van der Waals surface area contributed by atoms with Crippen LogP contribution in [0.4, 0.5) is 0 Å². The summed E-state index contributed by atoms with van der Waals surface area (Å²) < 4.78 is 0. The fourth-order valence-electron chi connectivity index (χ4n) is 3.60. The van der Waals surface area contributed by atoms with Gasteiger partial charge in [-0.1, -0.05) is 69.6 Å². The third kappa shape index (κ3) is 5.29. The first kappa shape index (κ1) is 18.4. The molecule has 0 heterocycles. The van der Waals surface area contributed by atoms with Crippen molar-refractivity contribution in [2.45, 2.75) is 70.8 Å². The van der Waals surface area contributed by atoms with Crippen molar-refractivity contribution in [2.75, 3.05) is 13.1 Å². The number of hydrogen-bond donors (Lipinski definition) is 2. The van der Waals surface area contributed by atoms with Crippen LogP contribution in [-0.4, -0.2) is 18.1 Å². The topological polar surface area (TPSA) is 24.1 Å². The maximum absolute atomic E-state index is 5.08. The Morgan fingerprint density at radius 2 is 1.91 bits per heavy atom. The van der Waals surface area contributed by atoms with Crippen LogP contribution >= 0.6 is 12.2 Å². The van der Waals surface area contributed by atoms with Crippen molar-refractivity contribution in [1.82, 2.24) is 10.6 Å². The van der Waals surface area contributed by atoms with Gasteiger partial charge in [0.25, 0.3) is 0 Å². The zero-order valence-corrected chi connectivity index (χ0v) is 15.8. The van der Waals surface area contributed by atoms with Crippen molar-refractivity contribution in [3.8, 4) is 0 Å². The molecule has 0 aliphatic heterocycles. The zero-order chi connectivity index (χ0) is 16.7. The molecule has 23 heavy (non-hydrogen) atoms. The monoisotopic (exact) mass is 332 g/mol. The first-order chi connectivity index (χ1) is 11.0. The van der Waals surface area contributed by atoms with Gasteiger partial charge in [0, 0.05) is 12.1 Å². The van der Waals surface area contributed by atoms with Gasteiger partial charge in [0.2, 0.25) is 0 Å². The van der Waals surface area contributed by atoms with Gasteiger partial charge >= 0.3 is 0 Å². The fraction of sp³-hybridized carbons (Fsp3) is 0.650. The van der Waals surface area contributed by atoms with Gasteiger partial charge in [0.15, 0.2) is 0 Å². The molecule has 3 heteroatoms. The summed E-state index contributed by atoms with van der Waals surface area (Å²) in [5, 5.41) is 7.16. The number of thiocarbonyl (C=S) groups is 1. The first-order valence-corrected chi connectivity index (χ1v) is 9.54. The van der Waals surface area contributed by atoms with E-state index in [0.717, 1.165) is 24.5 Å². The van der Waals surface area contributed by atoms with Gasteiger partial charge in [-0.15, -0.1) is 0 Å². The number of nitrogens with one attached hydrogen (secondary N) is 2. The second kappa shape index (κ2) is 8.79. The van der Waals surface area contributed by atoms with Crippen molar-refractivity contribution in [3.05, 3.63) is 35.4 Å². The lowest BCUT2D eigenvalue weighted by molar-refractivity contribution is 0.233. The predicted molar refractivity (Wildman–Crippen MR) is 104 cm³/mol. The Labute approximate surface area is 147 Å². The van der Waals surface area contributed by atoms with Gasteiger partial charge in [0.1, 0.15) is 0 Å². The SMILES string of the molecule is CC(=S)NCCCNC1(c2cccc(C(C)C)c2)CCCCC1. The third-order valence-electron chi connectivity index (χ3n) is 5.00. The molecule has 1 fully saturated rings.